The normalized spacial score (nSPS) is 11.8. The summed E-state index contributed by atoms with van der Waals surface area (Å²) in [6.45, 7) is 0.632. The highest BCUT2D eigenvalue weighted by Crippen LogP contribution is 2.28. The van der Waals surface area contributed by atoms with Crippen LogP contribution in [0.1, 0.15) is 18.7 Å². The van der Waals surface area contributed by atoms with Gasteiger partial charge in [-0.15, -0.1) is 0 Å². The molecule has 0 saturated heterocycles. The number of alkyl halides is 3. The number of thioether (sulfide) groups is 1. The number of nitrogens with one attached hydrogen (secondary N) is 1. The minimum Gasteiger partial charge on any atom is -0.360 e. The van der Waals surface area contributed by atoms with E-state index in [2.05, 4.69) is 14.7 Å². The summed E-state index contributed by atoms with van der Waals surface area (Å²) in [5.74, 6) is -0.00452. The van der Waals surface area contributed by atoms with Crippen molar-refractivity contribution in [3.05, 3.63) is 5.82 Å². The zero-order chi connectivity index (χ0) is 12.0. The summed E-state index contributed by atoms with van der Waals surface area (Å²) >= 11 is 2.50. The van der Waals surface area contributed by atoms with Crippen molar-refractivity contribution in [3.8, 4) is 0 Å². The molecule has 16 heavy (non-hydrogen) atoms. The molecular weight excluding hydrogens is 259 g/mol. The van der Waals surface area contributed by atoms with Crippen LogP contribution in [0.15, 0.2) is 0 Å². The third kappa shape index (κ3) is 4.56. The fourth-order valence-electron chi connectivity index (χ4n) is 0.977. The standard InChI is InChI=1S/C8H12F3N3S2/c1-15-5-3-2-4-12-7-13-6(14-16-7)8(9,10)11/h2-5H2,1H3,(H,12,13,14). The second kappa shape index (κ2) is 6.29. The molecule has 3 nitrogen and oxygen atoms in total. The first-order valence-corrected chi connectivity index (χ1v) is 6.84. The molecule has 8 heteroatoms. The topological polar surface area (TPSA) is 37.8 Å². The van der Waals surface area contributed by atoms with E-state index >= 15 is 0 Å². The smallest absolute Gasteiger partial charge is 0.360 e. The van der Waals surface area contributed by atoms with E-state index in [1.54, 1.807) is 11.8 Å². The van der Waals surface area contributed by atoms with E-state index in [4.69, 9.17) is 0 Å². The number of hydrogen-bond acceptors (Lipinski definition) is 5. The number of unbranched alkanes of at least 4 members (excludes halogenated alkanes) is 1. The number of anilines is 1. The summed E-state index contributed by atoms with van der Waals surface area (Å²) in [6, 6.07) is 0. The highest BCUT2D eigenvalue weighted by atomic mass is 32.2. The van der Waals surface area contributed by atoms with Gasteiger partial charge in [-0.3, -0.25) is 0 Å². The zero-order valence-electron chi connectivity index (χ0n) is 8.67. The average molecular weight is 271 g/mol. The Kier molecular flexibility index (Phi) is 5.33. The van der Waals surface area contributed by atoms with Crippen LogP contribution >= 0.6 is 23.3 Å². The molecule has 0 aliphatic rings. The predicted molar refractivity (Wildman–Crippen MR) is 61.0 cm³/mol. The third-order valence-electron chi connectivity index (χ3n) is 1.73. The molecule has 0 aromatic carbocycles. The summed E-state index contributed by atoms with van der Waals surface area (Å²) in [6.07, 6.45) is -0.468. The summed E-state index contributed by atoms with van der Waals surface area (Å²) < 4.78 is 39.7. The Balaban J connectivity index is 2.30. The van der Waals surface area contributed by atoms with E-state index < -0.39 is 12.0 Å². The lowest BCUT2D eigenvalue weighted by Gasteiger charge is -2.01. The van der Waals surface area contributed by atoms with Crippen LogP contribution in [0.4, 0.5) is 18.3 Å². The minimum absolute atomic E-state index is 0.233. The van der Waals surface area contributed by atoms with Gasteiger partial charge in [0.1, 0.15) is 0 Å². The molecule has 0 amide bonds. The largest absolute Gasteiger partial charge is 0.452 e. The van der Waals surface area contributed by atoms with Crippen LogP contribution in [0.3, 0.4) is 0 Å². The Labute approximate surface area is 100 Å². The van der Waals surface area contributed by atoms with Gasteiger partial charge in [0.2, 0.25) is 11.0 Å². The van der Waals surface area contributed by atoms with Crippen LogP contribution in [-0.4, -0.2) is 27.9 Å². The Morgan fingerprint density at radius 1 is 1.38 bits per heavy atom. The molecule has 0 fully saturated rings. The third-order valence-corrected chi connectivity index (χ3v) is 3.10. The molecule has 1 N–H and O–H groups in total. The fourth-order valence-corrected chi connectivity index (χ4v) is 2.08. The predicted octanol–water partition coefficient (Wildman–Crippen LogP) is 3.11. The van der Waals surface area contributed by atoms with E-state index in [0.29, 0.717) is 6.54 Å². The molecule has 0 spiro atoms. The molecular formula is C8H12F3N3S2. The van der Waals surface area contributed by atoms with E-state index in [1.807, 2.05) is 6.26 Å². The first-order chi connectivity index (χ1) is 7.54. The van der Waals surface area contributed by atoms with Crippen molar-refractivity contribution in [1.29, 1.82) is 0 Å². The maximum absolute atomic E-state index is 12.1. The molecule has 1 heterocycles. The SMILES string of the molecule is CSCCCCNc1nc(C(F)(F)F)ns1. The quantitative estimate of drug-likeness (QED) is 0.807. The molecule has 1 rings (SSSR count). The van der Waals surface area contributed by atoms with Crippen LogP contribution in [-0.2, 0) is 6.18 Å². The zero-order valence-corrected chi connectivity index (χ0v) is 10.3. The van der Waals surface area contributed by atoms with Gasteiger partial charge in [-0.05, 0) is 24.9 Å². The van der Waals surface area contributed by atoms with Crippen molar-refractivity contribution in [2.24, 2.45) is 0 Å². The first-order valence-electron chi connectivity index (χ1n) is 4.67. The Morgan fingerprint density at radius 3 is 2.69 bits per heavy atom. The van der Waals surface area contributed by atoms with Gasteiger partial charge < -0.3 is 5.32 Å². The van der Waals surface area contributed by atoms with E-state index in [-0.39, 0.29) is 5.13 Å². The minimum atomic E-state index is -4.45. The van der Waals surface area contributed by atoms with Gasteiger partial charge in [0.15, 0.2) is 0 Å². The molecule has 0 atom stereocenters. The maximum Gasteiger partial charge on any atom is 0.452 e. The summed E-state index contributed by atoms with van der Waals surface area (Å²) in [5, 5.41) is 3.06. The number of hydrogen-bond donors (Lipinski definition) is 1. The molecule has 0 saturated carbocycles. The van der Waals surface area contributed by atoms with Gasteiger partial charge in [0.05, 0.1) is 0 Å². The van der Waals surface area contributed by atoms with Gasteiger partial charge in [0, 0.05) is 18.1 Å². The summed E-state index contributed by atoms with van der Waals surface area (Å²) in [7, 11) is 0. The van der Waals surface area contributed by atoms with Gasteiger partial charge >= 0.3 is 6.18 Å². The number of halogens is 3. The van der Waals surface area contributed by atoms with Gasteiger partial charge in [-0.25, -0.2) is 0 Å². The fraction of sp³-hybridized carbons (Fsp3) is 0.750. The number of rotatable bonds is 6. The number of nitrogens with zero attached hydrogens (tertiary/aromatic N) is 2. The first kappa shape index (κ1) is 13.6. The summed E-state index contributed by atoms with van der Waals surface area (Å²) in [4.78, 5) is 3.37. The molecule has 0 bridgehead atoms. The van der Waals surface area contributed by atoms with Crippen molar-refractivity contribution < 1.29 is 13.2 Å². The molecule has 0 radical (unpaired) electrons. The van der Waals surface area contributed by atoms with Crippen molar-refractivity contribution >= 4 is 28.4 Å². The molecule has 1 aromatic rings. The lowest BCUT2D eigenvalue weighted by atomic mass is 10.3. The van der Waals surface area contributed by atoms with Crippen molar-refractivity contribution in [2.45, 2.75) is 19.0 Å². The molecule has 0 unspecified atom stereocenters. The summed E-state index contributed by atoms with van der Waals surface area (Å²) in [5.41, 5.74) is 0. The van der Waals surface area contributed by atoms with Gasteiger partial charge in [-0.2, -0.15) is 34.3 Å². The van der Waals surface area contributed by atoms with E-state index in [9.17, 15) is 13.2 Å². The Hall–Kier alpha value is -0.500. The lowest BCUT2D eigenvalue weighted by Crippen LogP contribution is -2.08. The molecule has 0 aliphatic heterocycles. The van der Waals surface area contributed by atoms with Crippen molar-refractivity contribution in [3.63, 3.8) is 0 Å². The van der Waals surface area contributed by atoms with Gasteiger partial charge in [0.25, 0.3) is 0 Å². The van der Waals surface area contributed by atoms with Crippen LogP contribution in [0.2, 0.25) is 0 Å². The second-order valence-electron chi connectivity index (χ2n) is 3.05. The van der Waals surface area contributed by atoms with Crippen LogP contribution in [0.5, 0.6) is 0 Å². The Bertz CT molecular complexity index is 314. The van der Waals surface area contributed by atoms with Crippen molar-refractivity contribution in [1.82, 2.24) is 9.36 Å². The lowest BCUT2D eigenvalue weighted by molar-refractivity contribution is -0.144. The Morgan fingerprint density at radius 2 is 2.12 bits per heavy atom. The second-order valence-corrected chi connectivity index (χ2v) is 4.79. The van der Waals surface area contributed by atoms with Crippen LogP contribution in [0, 0.1) is 0 Å². The average Bonchev–Trinajstić information content (AvgIpc) is 2.65. The molecule has 1 aromatic heterocycles. The monoisotopic (exact) mass is 271 g/mol. The van der Waals surface area contributed by atoms with E-state index in [0.717, 1.165) is 30.1 Å². The molecule has 0 aliphatic carbocycles. The van der Waals surface area contributed by atoms with Gasteiger partial charge in [-0.1, -0.05) is 0 Å². The maximum atomic E-state index is 12.1. The molecule has 92 valence electrons. The highest BCUT2D eigenvalue weighted by Gasteiger charge is 2.35. The van der Waals surface area contributed by atoms with Crippen LogP contribution in [0.25, 0.3) is 0 Å². The van der Waals surface area contributed by atoms with Crippen molar-refractivity contribution in [2.75, 3.05) is 23.9 Å². The number of aromatic nitrogens is 2. The van der Waals surface area contributed by atoms with Crippen LogP contribution < -0.4 is 5.32 Å². The van der Waals surface area contributed by atoms with E-state index in [1.165, 1.54) is 0 Å². The highest BCUT2D eigenvalue weighted by molar-refractivity contribution is 7.98.